The van der Waals surface area contributed by atoms with Crippen molar-refractivity contribution in [2.45, 2.75) is 13.5 Å². The molecule has 0 spiro atoms. The molecule has 15 heavy (non-hydrogen) atoms. The van der Waals surface area contributed by atoms with Crippen LogP contribution in [0.1, 0.15) is 10.6 Å². The van der Waals surface area contributed by atoms with E-state index in [4.69, 9.17) is 0 Å². The summed E-state index contributed by atoms with van der Waals surface area (Å²) >= 11 is 5.26. The van der Waals surface area contributed by atoms with Gasteiger partial charge in [-0.2, -0.15) is 5.10 Å². The van der Waals surface area contributed by atoms with E-state index in [1.165, 1.54) is 9.35 Å². The summed E-state index contributed by atoms with van der Waals surface area (Å²) < 4.78 is 2.99. The molecule has 3 nitrogen and oxygen atoms in total. The first-order chi connectivity index (χ1) is 7.16. The van der Waals surface area contributed by atoms with Gasteiger partial charge in [0.1, 0.15) is 0 Å². The maximum atomic E-state index is 4.28. The van der Waals surface area contributed by atoms with Gasteiger partial charge in [-0.15, -0.1) is 11.3 Å². The van der Waals surface area contributed by atoms with Crippen molar-refractivity contribution >= 4 is 33.0 Å². The molecule has 0 unspecified atom stereocenters. The molecule has 1 N–H and O–H groups in total. The molecular formula is C10H12BrN3S. The van der Waals surface area contributed by atoms with Gasteiger partial charge in [0, 0.05) is 22.6 Å². The minimum atomic E-state index is 0.838. The third-order valence-corrected chi connectivity index (χ3v) is 4.07. The third-order valence-electron chi connectivity index (χ3n) is 2.14. The molecule has 0 radical (unpaired) electrons. The molecule has 0 saturated heterocycles. The average Bonchev–Trinajstić information content (AvgIpc) is 2.70. The highest BCUT2D eigenvalue weighted by Gasteiger charge is 2.04. The molecule has 0 saturated carbocycles. The van der Waals surface area contributed by atoms with Gasteiger partial charge < -0.3 is 5.32 Å². The Morgan fingerprint density at radius 2 is 2.40 bits per heavy atom. The zero-order valence-electron chi connectivity index (χ0n) is 8.62. The van der Waals surface area contributed by atoms with Gasteiger partial charge in [0.15, 0.2) is 0 Å². The van der Waals surface area contributed by atoms with E-state index in [0.717, 1.165) is 17.9 Å². The zero-order chi connectivity index (χ0) is 10.8. The predicted molar refractivity (Wildman–Crippen MR) is 67.3 cm³/mol. The summed E-state index contributed by atoms with van der Waals surface area (Å²) in [6.45, 7) is 2.84. The predicted octanol–water partition coefficient (Wildman–Crippen LogP) is 3.16. The summed E-state index contributed by atoms with van der Waals surface area (Å²) in [5, 5.41) is 9.73. The molecule has 80 valence electrons. The Balaban J connectivity index is 2.05. The normalized spacial score (nSPS) is 10.6. The Bertz CT molecular complexity index is 461. The maximum Gasteiger partial charge on any atom is 0.0825 e. The van der Waals surface area contributed by atoms with Crippen molar-refractivity contribution in [3.8, 4) is 0 Å². The highest BCUT2D eigenvalue weighted by Crippen LogP contribution is 2.24. The molecule has 0 aliphatic carbocycles. The second-order valence-electron chi connectivity index (χ2n) is 3.35. The van der Waals surface area contributed by atoms with Crippen molar-refractivity contribution in [3.63, 3.8) is 0 Å². The number of aromatic nitrogens is 2. The minimum Gasteiger partial charge on any atom is -0.377 e. The average molecular weight is 286 g/mol. The molecule has 0 amide bonds. The molecule has 0 atom stereocenters. The number of nitrogens with zero attached hydrogens (tertiary/aromatic N) is 2. The maximum absolute atomic E-state index is 4.28. The van der Waals surface area contributed by atoms with Gasteiger partial charge >= 0.3 is 0 Å². The first-order valence-corrected chi connectivity index (χ1v) is 6.30. The van der Waals surface area contributed by atoms with Crippen LogP contribution >= 0.6 is 27.3 Å². The molecule has 0 aliphatic rings. The highest BCUT2D eigenvalue weighted by molar-refractivity contribution is 9.10. The molecule has 2 heterocycles. The molecule has 2 aromatic rings. The van der Waals surface area contributed by atoms with Gasteiger partial charge in [0.2, 0.25) is 0 Å². The molecule has 0 aliphatic heterocycles. The minimum absolute atomic E-state index is 0.838. The van der Waals surface area contributed by atoms with Crippen LogP contribution in [0.15, 0.2) is 22.1 Å². The topological polar surface area (TPSA) is 29.9 Å². The van der Waals surface area contributed by atoms with Crippen LogP contribution in [-0.4, -0.2) is 9.78 Å². The van der Waals surface area contributed by atoms with Gasteiger partial charge in [-0.1, -0.05) is 0 Å². The highest BCUT2D eigenvalue weighted by atomic mass is 79.9. The van der Waals surface area contributed by atoms with E-state index in [9.17, 15) is 0 Å². The van der Waals surface area contributed by atoms with E-state index in [2.05, 4.69) is 37.8 Å². The quantitative estimate of drug-likeness (QED) is 0.939. The van der Waals surface area contributed by atoms with Crippen molar-refractivity contribution < 1.29 is 0 Å². The monoisotopic (exact) mass is 285 g/mol. The van der Waals surface area contributed by atoms with Crippen LogP contribution in [0.4, 0.5) is 5.69 Å². The standard InChI is InChI=1S/C10H12BrN3S/c1-7-9(6-14(2)13-7)12-5-10-8(11)3-4-15-10/h3-4,6,12H,5H2,1-2H3. The van der Waals surface area contributed by atoms with E-state index >= 15 is 0 Å². The van der Waals surface area contributed by atoms with Crippen LogP contribution in [0.25, 0.3) is 0 Å². The van der Waals surface area contributed by atoms with Gasteiger partial charge in [0.05, 0.1) is 17.9 Å². The van der Waals surface area contributed by atoms with Crippen LogP contribution in [0.2, 0.25) is 0 Å². The smallest absolute Gasteiger partial charge is 0.0825 e. The Labute approximate surface area is 101 Å². The number of nitrogens with one attached hydrogen (secondary N) is 1. The fourth-order valence-electron chi connectivity index (χ4n) is 1.40. The van der Waals surface area contributed by atoms with E-state index in [0.29, 0.717) is 0 Å². The van der Waals surface area contributed by atoms with Crippen LogP contribution in [0.5, 0.6) is 0 Å². The first-order valence-electron chi connectivity index (χ1n) is 4.63. The largest absolute Gasteiger partial charge is 0.377 e. The first kappa shape index (κ1) is 10.7. The number of aryl methyl sites for hydroxylation is 2. The number of rotatable bonds is 3. The summed E-state index contributed by atoms with van der Waals surface area (Å²) in [6, 6.07) is 2.07. The summed E-state index contributed by atoms with van der Waals surface area (Å²) in [4.78, 5) is 1.30. The molecule has 2 aromatic heterocycles. The Kier molecular flexibility index (Phi) is 3.11. The van der Waals surface area contributed by atoms with Gasteiger partial charge in [0.25, 0.3) is 0 Å². The van der Waals surface area contributed by atoms with E-state index in [1.807, 2.05) is 24.9 Å². The lowest BCUT2D eigenvalue weighted by atomic mass is 10.4. The lowest BCUT2D eigenvalue weighted by molar-refractivity contribution is 0.756. The van der Waals surface area contributed by atoms with Crippen molar-refractivity contribution in [1.29, 1.82) is 0 Å². The van der Waals surface area contributed by atoms with Crippen LogP contribution in [0, 0.1) is 6.92 Å². The Hall–Kier alpha value is -0.810. The van der Waals surface area contributed by atoms with Gasteiger partial charge in [-0.25, -0.2) is 0 Å². The van der Waals surface area contributed by atoms with Crippen LogP contribution < -0.4 is 5.32 Å². The van der Waals surface area contributed by atoms with Crippen LogP contribution in [0.3, 0.4) is 0 Å². The number of halogens is 1. The second kappa shape index (κ2) is 4.37. The third kappa shape index (κ3) is 2.41. The second-order valence-corrected chi connectivity index (χ2v) is 5.20. The number of thiophene rings is 1. The van der Waals surface area contributed by atoms with Crippen molar-refractivity contribution in [1.82, 2.24) is 9.78 Å². The van der Waals surface area contributed by atoms with Gasteiger partial charge in [-0.05, 0) is 34.3 Å². The molecular weight excluding hydrogens is 274 g/mol. The van der Waals surface area contributed by atoms with E-state index in [-0.39, 0.29) is 0 Å². The Morgan fingerprint density at radius 3 is 2.93 bits per heavy atom. The van der Waals surface area contributed by atoms with E-state index < -0.39 is 0 Å². The summed E-state index contributed by atoms with van der Waals surface area (Å²) in [6.07, 6.45) is 2.00. The van der Waals surface area contributed by atoms with Crippen LogP contribution in [-0.2, 0) is 13.6 Å². The van der Waals surface area contributed by atoms with Crippen molar-refractivity contribution in [2.24, 2.45) is 7.05 Å². The summed E-state index contributed by atoms with van der Waals surface area (Å²) in [5.74, 6) is 0. The molecule has 0 fully saturated rings. The van der Waals surface area contributed by atoms with Gasteiger partial charge in [-0.3, -0.25) is 4.68 Å². The zero-order valence-corrected chi connectivity index (χ0v) is 11.0. The Morgan fingerprint density at radius 1 is 1.60 bits per heavy atom. The fourth-order valence-corrected chi connectivity index (χ4v) is 2.83. The van der Waals surface area contributed by atoms with E-state index in [1.54, 1.807) is 11.3 Å². The molecule has 0 bridgehead atoms. The van der Waals surface area contributed by atoms with Crippen molar-refractivity contribution in [3.05, 3.63) is 32.7 Å². The lowest BCUT2D eigenvalue weighted by Crippen LogP contribution is -1.98. The SMILES string of the molecule is Cc1nn(C)cc1NCc1sccc1Br. The molecule has 2 rings (SSSR count). The van der Waals surface area contributed by atoms with Crippen molar-refractivity contribution in [2.75, 3.05) is 5.32 Å². The molecule has 0 aromatic carbocycles. The molecule has 5 heteroatoms. The fraction of sp³-hybridized carbons (Fsp3) is 0.300. The summed E-state index contributed by atoms with van der Waals surface area (Å²) in [5.41, 5.74) is 2.13. The number of hydrogen-bond donors (Lipinski definition) is 1. The lowest BCUT2D eigenvalue weighted by Gasteiger charge is -2.02. The number of anilines is 1. The summed E-state index contributed by atoms with van der Waals surface area (Å²) in [7, 11) is 1.93. The number of hydrogen-bond acceptors (Lipinski definition) is 3.